The lowest BCUT2D eigenvalue weighted by molar-refractivity contribution is 0.277. The van der Waals surface area contributed by atoms with Gasteiger partial charge in [0.25, 0.3) is 0 Å². The highest BCUT2D eigenvalue weighted by molar-refractivity contribution is 7.89. The monoisotopic (exact) mass is 375 g/mol. The molecular formula is C18H18FN3O3S. The van der Waals surface area contributed by atoms with Gasteiger partial charge in [-0.2, -0.15) is 5.10 Å². The molecule has 8 heteroatoms. The number of aryl methyl sites for hydroxylation is 1. The van der Waals surface area contributed by atoms with Crippen molar-refractivity contribution in [3.63, 3.8) is 0 Å². The van der Waals surface area contributed by atoms with E-state index >= 15 is 0 Å². The summed E-state index contributed by atoms with van der Waals surface area (Å²) < 4.78 is 38.8. The van der Waals surface area contributed by atoms with E-state index in [9.17, 15) is 12.8 Å². The van der Waals surface area contributed by atoms with E-state index in [2.05, 4.69) is 5.10 Å². The zero-order valence-corrected chi connectivity index (χ0v) is 14.7. The molecule has 3 rings (SSSR count). The van der Waals surface area contributed by atoms with Crippen LogP contribution >= 0.6 is 0 Å². The van der Waals surface area contributed by atoms with Gasteiger partial charge in [0.1, 0.15) is 11.5 Å². The SMILES string of the molecule is NS(=O)(=O)c1ccccc1-c1nn(CCCO)cc1-c1ccc(F)cc1. The number of rotatable bonds is 6. The molecule has 0 fully saturated rings. The summed E-state index contributed by atoms with van der Waals surface area (Å²) in [5.41, 5.74) is 2.15. The Hall–Kier alpha value is -2.55. The predicted octanol–water partition coefficient (Wildman–Crippen LogP) is 2.39. The molecule has 0 aliphatic heterocycles. The molecule has 0 aliphatic rings. The van der Waals surface area contributed by atoms with E-state index < -0.39 is 10.0 Å². The molecule has 0 unspecified atom stereocenters. The lowest BCUT2D eigenvalue weighted by atomic mass is 10.0. The van der Waals surface area contributed by atoms with Gasteiger partial charge in [0.2, 0.25) is 10.0 Å². The minimum atomic E-state index is -3.94. The van der Waals surface area contributed by atoms with Gasteiger partial charge in [-0.3, -0.25) is 4.68 Å². The molecule has 0 bridgehead atoms. The van der Waals surface area contributed by atoms with Gasteiger partial charge in [-0.1, -0.05) is 30.3 Å². The third-order valence-electron chi connectivity index (χ3n) is 3.91. The number of halogens is 1. The summed E-state index contributed by atoms with van der Waals surface area (Å²) in [6, 6.07) is 12.2. The van der Waals surface area contributed by atoms with Crippen molar-refractivity contribution in [2.75, 3.05) is 6.61 Å². The van der Waals surface area contributed by atoms with E-state index in [1.54, 1.807) is 41.2 Å². The van der Waals surface area contributed by atoms with E-state index in [-0.39, 0.29) is 17.3 Å². The summed E-state index contributed by atoms with van der Waals surface area (Å²) in [6.07, 6.45) is 2.25. The van der Waals surface area contributed by atoms with Gasteiger partial charge in [-0.25, -0.2) is 17.9 Å². The van der Waals surface area contributed by atoms with Crippen LogP contribution in [0.25, 0.3) is 22.4 Å². The van der Waals surface area contributed by atoms with Crippen LogP contribution in [0.15, 0.2) is 59.6 Å². The number of benzene rings is 2. The van der Waals surface area contributed by atoms with Crippen LogP contribution in [0.3, 0.4) is 0 Å². The topological polar surface area (TPSA) is 98.2 Å². The molecule has 0 saturated heterocycles. The Bertz CT molecular complexity index is 1010. The molecule has 3 aromatic rings. The Morgan fingerprint density at radius 2 is 1.77 bits per heavy atom. The van der Waals surface area contributed by atoms with Crippen molar-refractivity contribution in [3.8, 4) is 22.4 Å². The van der Waals surface area contributed by atoms with Crippen molar-refractivity contribution in [1.29, 1.82) is 0 Å². The lowest BCUT2D eigenvalue weighted by Crippen LogP contribution is -2.13. The van der Waals surface area contributed by atoms with Crippen molar-refractivity contribution < 1.29 is 17.9 Å². The van der Waals surface area contributed by atoms with Crippen molar-refractivity contribution >= 4 is 10.0 Å². The van der Waals surface area contributed by atoms with Crippen molar-refractivity contribution in [2.24, 2.45) is 5.14 Å². The summed E-state index contributed by atoms with van der Waals surface area (Å²) in [7, 11) is -3.94. The fourth-order valence-corrected chi connectivity index (χ4v) is 3.46. The molecule has 1 heterocycles. The van der Waals surface area contributed by atoms with Gasteiger partial charge in [0, 0.05) is 30.5 Å². The van der Waals surface area contributed by atoms with Crippen LogP contribution in [0.4, 0.5) is 4.39 Å². The molecule has 0 amide bonds. The molecular weight excluding hydrogens is 357 g/mol. The quantitative estimate of drug-likeness (QED) is 0.691. The third kappa shape index (κ3) is 3.82. The number of hydrogen-bond donors (Lipinski definition) is 2. The Labute approximate surface area is 150 Å². The Morgan fingerprint density at radius 1 is 1.08 bits per heavy atom. The van der Waals surface area contributed by atoms with Crippen LogP contribution in [-0.2, 0) is 16.6 Å². The van der Waals surface area contributed by atoms with Crippen LogP contribution in [0.1, 0.15) is 6.42 Å². The molecule has 0 saturated carbocycles. The lowest BCUT2D eigenvalue weighted by Gasteiger charge is -2.07. The van der Waals surface area contributed by atoms with E-state index in [1.165, 1.54) is 18.2 Å². The van der Waals surface area contributed by atoms with Gasteiger partial charge in [-0.15, -0.1) is 0 Å². The maximum absolute atomic E-state index is 13.3. The highest BCUT2D eigenvalue weighted by Gasteiger charge is 2.20. The number of nitrogens with zero attached hydrogens (tertiary/aromatic N) is 2. The average Bonchev–Trinajstić information content (AvgIpc) is 3.04. The maximum atomic E-state index is 13.3. The number of primary sulfonamides is 1. The zero-order chi connectivity index (χ0) is 18.7. The smallest absolute Gasteiger partial charge is 0.238 e. The molecule has 2 aromatic carbocycles. The third-order valence-corrected chi connectivity index (χ3v) is 4.88. The molecule has 6 nitrogen and oxygen atoms in total. The van der Waals surface area contributed by atoms with Crippen molar-refractivity contribution in [3.05, 3.63) is 60.5 Å². The van der Waals surface area contributed by atoms with Crippen LogP contribution in [0, 0.1) is 5.82 Å². The zero-order valence-electron chi connectivity index (χ0n) is 13.8. The van der Waals surface area contributed by atoms with Crippen LogP contribution in [-0.4, -0.2) is 29.9 Å². The molecule has 0 aliphatic carbocycles. The second-order valence-electron chi connectivity index (χ2n) is 5.78. The minimum Gasteiger partial charge on any atom is -0.396 e. The first-order valence-corrected chi connectivity index (χ1v) is 9.51. The summed E-state index contributed by atoms with van der Waals surface area (Å²) in [4.78, 5) is -0.0317. The molecule has 26 heavy (non-hydrogen) atoms. The van der Waals surface area contributed by atoms with Crippen molar-refractivity contribution in [1.82, 2.24) is 9.78 Å². The first-order valence-electron chi connectivity index (χ1n) is 7.96. The van der Waals surface area contributed by atoms with Crippen LogP contribution < -0.4 is 5.14 Å². The van der Waals surface area contributed by atoms with Crippen LogP contribution in [0.5, 0.6) is 0 Å². The molecule has 0 atom stereocenters. The number of hydrogen-bond acceptors (Lipinski definition) is 4. The molecule has 0 radical (unpaired) electrons. The molecule has 136 valence electrons. The maximum Gasteiger partial charge on any atom is 0.238 e. The minimum absolute atomic E-state index is 0.00877. The van der Waals surface area contributed by atoms with E-state index in [0.717, 1.165) is 0 Å². The second kappa shape index (κ2) is 7.36. The fourth-order valence-electron chi connectivity index (χ4n) is 2.72. The Morgan fingerprint density at radius 3 is 2.42 bits per heavy atom. The van der Waals surface area contributed by atoms with E-state index in [4.69, 9.17) is 10.2 Å². The average molecular weight is 375 g/mol. The highest BCUT2D eigenvalue weighted by Crippen LogP contribution is 2.34. The predicted molar refractivity (Wildman–Crippen MR) is 96.1 cm³/mol. The normalized spacial score (nSPS) is 11.7. The van der Waals surface area contributed by atoms with Crippen molar-refractivity contribution in [2.45, 2.75) is 17.9 Å². The standard InChI is InChI=1S/C18H18FN3O3S/c19-14-8-6-13(7-9-14)16-12-22(10-3-11-23)21-18(16)15-4-1-2-5-17(15)26(20,24)25/h1-2,4-9,12,23H,3,10-11H2,(H2,20,24,25). The highest BCUT2D eigenvalue weighted by atomic mass is 32.2. The number of aliphatic hydroxyl groups is 1. The number of aliphatic hydroxyl groups excluding tert-OH is 1. The molecule has 1 aromatic heterocycles. The first kappa shape index (κ1) is 18.2. The Kier molecular flexibility index (Phi) is 5.17. The summed E-state index contributed by atoms with van der Waals surface area (Å²) >= 11 is 0. The van der Waals surface area contributed by atoms with Gasteiger partial charge in [0.05, 0.1) is 4.90 Å². The summed E-state index contributed by atoms with van der Waals surface area (Å²) in [5.74, 6) is -0.368. The summed E-state index contributed by atoms with van der Waals surface area (Å²) in [6.45, 7) is 0.469. The molecule has 0 spiro atoms. The van der Waals surface area contributed by atoms with E-state index in [1.807, 2.05) is 0 Å². The number of sulfonamides is 1. The van der Waals surface area contributed by atoms with Gasteiger partial charge < -0.3 is 5.11 Å². The van der Waals surface area contributed by atoms with Gasteiger partial charge in [0.15, 0.2) is 0 Å². The fraction of sp³-hybridized carbons (Fsp3) is 0.167. The first-order chi connectivity index (χ1) is 12.4. The van der Waals surface area contributed by atoms with Gasteiger partial charge >= 0.3 is 0 Å². The van der Waals surface area contributed by atoms with E-state index in [0.29, 0.717) is 35.3 Å². The molecule has 3 N–H and O–H groups in total. The number of aromatic nitrogens is 2. The second-order valence-corrected chi connectivity index (χ2v) is 7.31. The Balaban J connectivity index is 2.20. The van der Waals surface area contributed by atoms with Crippen LogP contribution in [0.2, 0.25) is 0 Å². The number of nitrogens with two attached hydrogens (primary N) is 1. The largest absolute Gasteiger partial charge is 0.396 e. The summed E-state index contributed by atoms with van der Waals surface area (Å²) in [5, 5.41) is 18.9. The van der Waals surface area contributed by atoms with Gasteiger partial charge in [-0.05, 0) is 30.2 Å².